The number of hydrogen-bond donors (Lipinski definition) is 2. The molecule has 0 saturated heterocycles. The van der Waals surface area contributed by atoms with Gasteiger partial charge in [0.2, 0.25) is 0 Å². The van der Waals surface area contributed by atoms with Crippen LogP contribution >= 0.6 is 0 Å². The fourth-order valence-electron chi connectivity index (χ4n) is 1.25. The Labute approximate surface area is 85.9 Å². The largest absolute Gasteiger partial charge is 0.508 e. The number of carboxylic acid groups (broad SMARTS) is 1. The third kappa shape index (κ3) is 2.83. The van der Waals surface area contributed by atoms with E-state index < -0.39 is 11.8 Å². The number of aromatic hydroxyl groups is 1. The Morgan fingerprint density at radius 2 is 2.20 bits per heavy atom. The molecule has 0 aliphatic rings. The summed E-state index contributed by atoms with van der Waals surface area (Å²) in [6.45, 7) is 0. The van der Waals surface area contributed by atoms with Gasteiger partial charge in [0, 0.05) is 24.1 Å². The van der Waals surface area contributed by atoms with E-state index in [1.165, 1.54) is 13.2 Å². The molecule has 15 heavy (non-hydrogen) atoms. The lowest BCUT2D eigenvalue weighted by atomic mass is 10.1. The molecule has 0 aromatic heterocycles. The summed E-state index contributed by atoms with van der Waals surface area (Å²) in [6, 6.07) is 2.18. The lowest BCUT2D eigenvalue weighted by molar-refractivity contribution is -0.136. The van der Waals surface area contributed by atoms with Gasteiger partial charge >= 0.3 is 5.97 Å². The molecule has 0 radical (unpaired) electrons. The summed E-state index contributed by atoms with van der Waals surface area (Å²) in [7, 11) is 1.33. The second-order valence-corrected chi connectivity index (χ2v) is 3.00. The highest BCUT2D eigenvalue weighted by Crippen LogP contribution is 2.28. The van der Waals surface area contributed by atoms with Crippen LogP contribution in [0, 0.1) is 5.82 Å². The van der Waals surface area contributed by atoms with Gasteiger partial charge in [-0.2, -0.15) is 0 Å². The summed E-state index contributed by atoms with van der Waals surface area (Å²) in [5, 5.41) is 17.6. The van der Waals surface area contributed by atoms with Crippen molar-refractivity contribution in [3.05, 3.63) is 23.5 Å². The van der Waals surface area contributed by atoms with Gasteiger partial charge in [0.25, 0.3) is 0 Å². The van der Waals surface area contributed by atoms with Crippen LogP contribution in [0.1, 0.15) is 12.0 Å². The molecule has 0 aliphatic heterocycles. The van der Waals surface area contributed by atoms with Crippen LogP contribution < -0.4 is 4.74 Å². The smallest absolute Gasteiger partial charge is 0.303 e. The van der Waals surface area contributed by atoms with Crippen LogP contribution in [0.5, 0.6) is 11.5 Å². The Morgan fingerprint density at radius 1 is 1.53 bits per heavy atom. The molecule has 0 aliphatic carbocycles. The quantitative estimate of drug-likeness (QED) is 0.798. The molecule has 1 rings (SSSR count). The molecule has 1 aromatic carbocycles. The van der Waals surface area contributed by atoms with Crippen molar-refractivity contribution in [2.45, 2.75) is 12.8 Å². The number of phenols is 1. The van der Waals surface area contributed by atoms with E-state index in [1.54, 1.807) is 0 Å². The summed E-state index contributed by atoms with van der Waals surface area (Å²) in [5.74, 6) is -1.75. The predicted octanol–water partition coefficient (Wildman–Crippen LogP) is 1.56. The molecule has 0 saturated carbocycles. The Bertz CT molecular complexity index is 376. The maximum atomic E-state index is 13.3. The number of halogens is 1. The first kappa shape index (κ1) is 11.3. The van der Waals surface area contributed by atoms with Crippen molar-refractivity contribution >= 4 is 5.97 Å². The maximum absolute atomic E-state index is 13.3. The van der Waals surface area contributed by atoms with E-state index in [2.05, 4.69) is 0 Å². The van der Waals surface area contributed by atoms with Gasteiger partial charge in [-0.15, -0.1) is 0 Å². The maximum Gasteiger partial charge on any atom is 0.303 e. The minimum Gasteiger partial charge on any atom is -0.508 e. The third-order valence-corrected chi connectivity index (χ3v) is 1.95. The molecule has 0 fully saturated rings. The van der Waals surface area contributed by atoms with E-state index >= 15 is 0 Å². The summed E-state index contributed by atoms with van der Waals surface area (Å²) >= 11 is 0. The van der Waals surface area contributed by atoms with Crippen molar-refractivity contribution in [1.82, 2.24) is 0 Å². The number of carboxylic acids is 1. The van der Waals surface area contributed by atoms with Crippen LogP contribution in [-0.2, 0) is 11.2 Å². The standard InChI is InChI=1S/C10H11FO4/c1-15-9-5-6(12)4-8(11)7(9)2-3-10(13)14/h4-5,12H,2-3H2,1H3,(H,13,14). The Balaban J connectivity index is 2.98. The van der Waals surface area contributed by atoms with Crippen molar-refractivity contribution in [3.8, 4) is 11.5 Å². The highest BCUT2D eigenvalue weighted by atomic mass is 19.1. The number of hydrogen-bond acceptors (Lipinski definition) is 3. The van der Waals surface area contributed by atoms with Gasteiger partial charge in [0.05, 0.1) is 7.11 Å². The number of carbonyl (C=O) groups is 1. The summed E-state index contributed by atoms with van der Waals surface area (Å²) in [6.07, 6.45) is -0.150. The molecule has 0 amide bonds. The topological polar surface area (TPSA) is 66.8 Å². The summed E-state index contributed by atoms with van der Waals surface area (Å²) < 4.78 is 18.2. The van der Waals surface area contributed by atoms with Crippen molar-refractivity contribution in [2.75, 3.05) is 7.11 Å². The van der Waals surface area contributed by atoms with Crippen LogP contribution in [0.4, 0.5) is 4.39 Å². The van der Waals surface area contributed by atoms with E-state index in [9.17, 15) is 9.18 Å². The average Bonchev–Trinajstić information content (AvgIpc) is 2.14. The minimum absolute atomic E-state index is 0.0324. The van der Waals surface area contributed by atoms with Crippen LogP contribution in [-0.4, -0.2) is 23.3 Å². The van der Waals surface area contributed by atoms with Gasteiger partial charge in [-0.05, 0) is 6.42 Å². The van der Waals surface area contributed by atoms with E-state index in [0.29, 0.717) is 0 Å². The molecular weight excluding hydrogens is 203 g/mol. The van der Waals surface area contributed by atoms with Gasteiger partial charge in [0.1, 0.15) is 17.3 Å². The van der Waals surface area contributed by atoms with Crippen LogP contribution in [0.25, 0.3) is 0 Å². The Hall–Kier alpha value is -1.78. The molecular formula is C10H11FO4. The molecule has 2 N–H and O–H groups in total. The lowest BCUT2D eigenvalue weighted by Gasteiger charge is -2.09. The van der Waals surface area contributed by atoms with E-state index in [0.717, 1.165) is 6.07 Å². The predicted molar refractivity (Wildman–Crippen MR) is 50.6 cm³/mol. The Morgan fingerprint density at radius 3 is 2.73 bits per heavy atom. The molecule has 1 aromatic rings. The third-order valence-electron chi connectivity index (χ3n) is 1.95. The molecule has 0 atom stereocenters. The number of benzene rings is 1. The van der Waals surface area contributed by atoms with Gasteiger partial charge < -0.3 is 14.9 Å². The molecule has 82 valence electrons. The zero-order valence-electron chi connectivity index (χ0n) is 8.16. The van der Waals surface area contributed by atoms with Gasteiger partial charge in [-0.3, -0.25) is 4.79 Å². The number of methoxy groups -OCH3 is 1. The monoisotopic (exact) mass is 214 g/mol. The Kier molecular flexibility index (Phi) is 3.49. The molecule has 0 bridgehead atoms. The van der Waals surface area contributed by atoms with Crippen molar-refractivity contribution in [3.63, 3.8) is 0 Å². The fraction of sp³-hybridized carbons (Fsp3) is 0.300. The number of phenolic OH excluding ortho intramolecular Hbond substituents is 1. The highest BCUT2D eigenvalue weighted by Gasteiger charge is 2.12. The van der Waals surface area contributed by atoms with Crippen LogP contribution in [0.15, 0.2) is 12.1 Å². The second-order valence-electron chi connectivity index (χ2n) is 3.00. The molecule has 4 nitrogen and oxygen atoms in total. The molecule has 5 heteroatoms. The van der Waals surface area contributed by atoms with Gasteiger partial charge in [-0.1, -0.05) is 0 Å². The zero-order chi connectivity index (χ0) is 11.4. The molecule has 0 spiro atoms. The van der Waals surface area contributed by atoms with Gasteiger partial charge in [-0.25, -0.2) is 4.39 Å². The normalized spacial score (nSPS) is 10.0. The highest BCUT2D eigenvalue weighted by molar-refractivity contribution is 5.67. The number of rotatable bonds is 4. The van der Waals surface area contributed by atoms with Crippen molar-refractivity contribution in [1.29, 1.82) is 0 Å². The molecule has 0 unspecified atom stereocenters. The van der Waals surface area contributed by atoms with Crippen LogP contribution in [0.2, 0.25) is 0 Å². The fourth-order valence-corrected chi connectivity index (χ4v) is 1.25. The summed E-state index contributed by atoms with van der Waals surface area (Å²) in [4.78, 5) is 10.3. The van der Waals surface area contributed by atoms with Crippen molar-refractivity contribution in [2.24, 2.45) is 0 Å². The first-order valence-electron chi connectivity index (χ1n) is 4.31. The number of aliphatic carboxylic acids is 1. The summed E-state index contributed by atoms with van der Waals surface area (Å²) in [5.41, 5.74) is 0.165. The van der Waals surface area contributed by atoms with E-state index in [4.69, 9.17) is 14.9 Å². The minimum atomic E-state index is -1.01. The SMILES string of the molecule is COc1cc(O)cc(F)c1CCC(=O)O. The van der Waals surface area contributed by atoms with E-state index in [-0.39, 0.29) is 29.9 Å². The van der Waals surface area contributed by atoms with Crippen molar-refractivity contribution < 1.29 is 24.1 Å². The second kappa shape index (κ2) is 4.63. The van der Waals surface area contributed by atoms with E-state index in [1.807, 2.05) is 0 Å². The van der Waals surface area contributed by atoms with Gasteiger partial charge in [0.15, 0.2) is 0 Å². The number of ether oxygens (including phenoxy) is 1. The van der Waals surface area contributed by atoms with Crippen LogP contribution in [0.3, 0.4) is 0 Å². The molecule has 0 heterocycles. The lowest BCUT2D eigenvalue weighted by Crippen LogP contribution is -2.01. The first-order chi connectivity index (χ1) is 7.04. The first-order valence-corrected chi connectivity index (χ1v) is 4.31. The zero-order valence-corrected chi connectivity index (χ0v) is 8.16. The average molecular weight is 214 g/mol.